The highest BCUT2D eigenvalue weighted by Crippen LogP contribution is 2.15. The predicted molar refractivity (Wildman–Crippen MR) is 56.5 cm³/mol. The maximum atomic E-state index is 11.9. The number of benzene rings is 1. The van der Waals surface area contributed by atoms with Gasteiger partial charge >= 0.3 is 6.61 Å². The van der Waals surface area contributed by atoms with Crippen molar-refractivity contribution >= 4 is 0 Å². The Kier molecular flexibility index (Phi) is 5.14. The maximum absolute atomic E-state index is 11.9. The molecule has 1 rings (SSSR count). The molecule has 0 radical (unpaired) electrons. The van der Waals surface area contributed by atoms with Gasteiger partial charge in [-0.15, -0.1) is 0 Å². The number of halogens is 2. The van der Waals surface area contributed by atoms with Crippen LogP contribution in [0.5, 0.6) is 5.75 Å². The van der Waals surface area contributed by atoms with Crippen molar-refractivity contribution < 1.29 is 18.6 Å². The largest absolute Gasteiger partial charge is 0.435 e. The summed E-state index contributed by atoms with van der Waals surface area (Å²) in [5.41, 5.74) is 0.984. The normalized spacial score (nSPS) is 11.1. The lowest BCUT2D eigenvalue weighted by molar-refractivity contribution is -0.0498. The summed E-state index contributed by atoms with van der Waals surface area (Å²) in [4.78, 5) is 1.93. The van der Waals surface area contributed by atoms with Crippen LogP contribution in [0, 0.1) is 0 Å². The van der Waals surface area contributed by atoms with Crippen LogP contribution in [0.15, 0.2) is 24.3 Å². The number of ether oxygens (including phenoxy) is 1. The number of hydrogen-bond acceptors (Lipinski definition) is 3. The molecular weight excluding hydrogens is 216 g/mol. The van der Waals surface area contributed by atoms with E-state index in [-0.39, 0.29) is 12.4 Å². The minimum atomic E-state index is -2.79. The number of hydrogen-bond donors (Lipinski definition) is 1. The first kappa shape index (κ1) is 12.9. The Bertz CT molecular complexity index is 303. The van der Waals surface area contributed by atoms with Gasteiger partial charge < -0.3 is 9.84 Å². The topological polar surface area (TPSA) is 32.7 Å². The molecule has 16 heavy (non-hydrogen) atoms. The van der Waals surface area contributed by atoms with Gasteiger partial charge in [-0.3, -0.25) is 4.90 Å². The minimum Gasteiger partial charge on any atom is -0.435 e. The fraction of sp³-hybridized carbons (Fsp3) is 0.455. The average Bonchev–Trinajstić information content (AvgIpc) is 2.20. The van der Waals surface area contributed by atoms with Gasteiger partial charge in [-0.25, -0.2) is 0 Å². The molecule has 3 nitrogen and oxygen atoms in total. The van der Waals surface area contributed by atoms with Crippen molar-refractivity contribution in [3.63, 3.8) is 0 Å². The maximum Gasteiger partial charge on any atom is 0.387 e. The van der Waals surface area contributed by atoms with Gasteiger partial charge in [0.25, 0.3) is 0 Å². The van der Waals surface area contributed by atoms with E-state index in [9.17, 15) is 8.78 Å². The summed E-state index contributed by atoms with van der Waals surface area (Å²) in [5.74, 6) is 0.156. The van der Waals surface area contributed by atoms with Gasteiger partial charge in [-0.2, -0.15) is 8.78 Å². The number of alkyl halides is 2. The second-order valence-electron chi connectivity index (χ2n) is 3.48. The van der Waals surface area contributed by atoms with E-state index in [1.165, 1.54) is 12.1 Å². The third-order valence-electron chi connectivity index (χ3n) is 2.08. The molecule has 90 valence electrons. The van der Waals surface area contributed by atoms with E-state index < -0.39 is 6.61 Å². The van der Waals surface area contributed by atoms with Crippen LogP contribution in [0.2, 0.25) is 0 Å². The van der Waals surface area contributed by atoms with E-state index in [1.54, 1.807) is 12.1 Å². The number of rotatable bonds is 6. The smallest absolute Gasteiger partial charge is 0.387 e. The van der Waals surface area contributed by atoms with E-state index in [1.807, 2.05) is 11.9 Å². The second-order valence-corrected chi connectivity index (χ2v) is 3.48. The number of aliphatic hydroxyl groups excluding tert-OH is 1. The first-order chi connectivity index (χ1) is 7.61. The third kappa shape index (κ3) is 4.55. The van der Waals surface area contributed by atoms with Crippen LogP contribution in [0.25, 0.3) is 0 Å². The summed E-state index contributed by atoms with van der Waals surface area (Å²) < 4.78 is 28.0. The molecule has 0 aromatic heterocycles. The lowest BCUT2D eigenvalue weighted by Gasteiger charge is -2.15. The van der Waals surface area contributed by atoms with E-state index >= 15 is 0 Å². The molecular formula is C11H15F2NO2. The van der Waals surface area contributed by atoms with Crippen LogP contribution in [-0.4, -0.2) is 36.8 Å². The summed E-state index contributed by atoms with van der Waals surface area (Å²) in [6.45, 7) is -1.45. The van der Waals surface area contributed by atoms with Crippen molar-refractivity contribution in [1.82, 2.24) is 4.90 Å². The van der Waals surface area contributed by atoms with Gasteiger partial charge in [0, 0.05) is 13.1 Å². The Labute approximate surface area is 93.3 Å². The molecule has 5 heteroatoms. The van der Waals surface area contributed by atoms with Crippen LogP contribution in [-0.2, 0) is 6.54 Å². The van der Waals surface area contributed by atoms with Crippen molar-refractivity contribution in [2.45, 2.75) is 13.2 Å². The van der Waals surface area contributed by atoms with Crippen molar-refractivity contribution in [1.29, 1.82) is 0 Å². The summed E-state index contributed by atoms with van der Waals surface area (Å²) in [7, 11) is 1.87. The van der Waals surface area contributed by atoms with Gasteiger partial charge in [-0.1, -0.05) is 12.1 Å². The minimum absolute atomic E-state index is 0.100. The SMILES string of the molecule is CN(CCO)Cc1ccc(OC(F)F)cc1. The number of aliphatic hydroxyl groups is 1. The van der Waals surface area contributed by atoms with Crippen LogP contribution >= 0.6 is 0 Å². The van der Waals surface area contributed by atoms with E-state index in [4.69, 9.17) is 5.11 Å². The molecule has 0 saturated carbocycles. The van der Waals surface area contributed by atoms with Crippen molar-refractivity contribution in [3.05, 3.63) is 29.8 Å². The Morgan fingerprint density at radius 2 is 1.94 bits per heavy atom. The van der Waals surface area contributed by atoms with Gasteiger partial charge in [0.05, 0.1) is 6.61 Å². The Morgan fingerprint density at radius 1 is 1.31 bits per heavy atom. The van der Waals surface area contributed by atoms with E-state index in [0.29, 0.717) is 13.1 Å². The summed E-state index contributed by atoms with van der Waals surface area (Å²) >= 11 is 0. The monoisotopic (exact) mass is 231 g/mol. The first-order valence-corrected chi connectivity index (χ1v) is 4.95. The highest BCUT2D eigenvalue weighted by molar-refractivity contribution is 5.27. The molecule has 0 fully saturated rings. The number of likely N-dealkylation sites (N-methyl/N-ethyl adjacent to an activating group) is 1. The fourth-order valence-corrected chi connectivity index (χ4v) is 1.34. The van der Waals surface area contributed by atoms with Gasteiger partial charge in [0.1, 0.15) is 5.75 Å². The molecule has 0 heterocycles. The molecule has 0 bridgehead atoms. The average molecular weight is 231 g/mol. The van der Waals surface area contributed by atoms with E-state index in [0.717, 1.165) is 5.56 Å². The predicted octanol–water partition coefficient (Wildman–Crippen LogP) is 1.71. The van der Waals surface area contributed by atoms with Crippen molar-refractivity contribution in [3.8, 4) is 5.75 Å². The highest BCUT2D eigenvalue weighted by atomic mass is 19.3. The fourth-order valence-electron chi connectivity index (χ4n) is 1.34. The van der Waals surface area contributed by atoms with Crippen molar-refractivity contribution in [2.75, 3.05) is 20.2 Å². The third-order valence-corrected chi connectivity index (χ3v) is 2.08. The Hall–Kier alpha value is -1.20. The molecule has 0 saturated heterocycles. The molecule has 0 aliphatic heterocycles. The van der Waals surface area contributed by atoms with Crippen LogP contribution < -0.4 is 4.74 Å². The zero-order chi connectivity index (χ0) is 12.0. The van der Waals surface area contributed by atoms with Crippen LogP contribution in [0.1, 0.15) is 5.56 Å². The lowest BCUT2D eigenvalue weighted by atomic mass is 10.2. The quantitative estimate of drug-likeness (QED) is 0.809. The molecule has 1 aromatic carbocycles. The van der Waals surface area contributed by atoms with Gasteiger partial charge in [0.15, 0.2) is 0 Å². The summed E-state index contributed by atoms with van der Waals surface area (Å²) in [6.07, 6.45) is 0. The molecule has 1 aromatic rings. The van der Waals surface area contributed by atoms with Crippen LogP contribution in [0.4, 0.5) is 8.78 Å². The zero-order valence-electron chi connectivity index (χ0n) is 9.07. The van der Waals surface area contributed by atoms with Crippen LogP contribution in [0.3, 0.4) is 0 Å². The molecule has 0 aliphatic rings. The Balaban J connectivity index is 2.50. The summed E-state index contributed by atoms with van der Waals surface area (Å²) in [5, 5.41) is 8.71. The summed E-state index contributed by atoms with van der Waals surface area (Å²) in [6, 6.07) is 6.47. The molecule has 0 atom stereocenters. The van der Waals surface area contributed by atoms with Gasteiger partial charge in [-0.05, 0) is 24.7 Å². The molecule has 0 amide bonds. The van der Waals surface area contributed by atoms with E-state index in [2.05, 4.69) is 4.74 Å². The molecule has 1 N–H and O–H groups in total. The Morgan fingerprint density at radius 3 is 2.44 bits per heavy atom. The highest BCUT2D eigenvalue weighted by Gasteiger charge is 2.04. The standard InChI is InChI=1S/C11H15F2NO2/c1-14(6-7-15)8-9-2-4-10(5-3-9)16-11(12)13/h2-5,11,15H,6-8H2,1H3. The van der Waals surface area contributed by atoms with Gasteiger partial charge in [0.2, 0.25) is 0 Å². The molecule has 0 unspecified atom stereocenters. The molecule has 0 aliphatic carbocycles. The first-order valence-electron chi connectivity index (χ1n) is 4.95. The van der Waals surface area contributed by atoms with Crippen molar-refractivity contribution in [2.24, 2.45) is 0 Å². The lowest BCUT2D eigenvalue weighted by Crippen LogP contribution is -2.21. The zero-order valence-corrected chi connectivity index (χ0v) is 9.07. The second kappa shape index (κ2) is 6.40. The molecule has 0 spiro atoms. The number of nitrogens with zero attached hydrogens (tertiary/aromatic N) is 1.